The molecule has 0 heterocycles. The monoisotopic (exact) mass is 543 g/mol. The maximum Gasteiger partial charge on any atom is 0.407 e. The number of hydrogen-bond donors (Lipinski definition) is 4. The highest BCUT2D eigenvalue weighted by Gasteiger charge is 2.69. The molecule has 2 saturated carbocycles. The van der Waals surface area contributed by atoms with E-state index in [0.29, 0.717) is 11.1 Å². The molecule has 1 aromatic carbocycles. The van der Waals surface area contributed by atoms with Gasteiger partial charge in [-0.15, -0.1) is 0 Å². The molecule has 39 heavy (non-hydrogen) atoms. The summed E-state index contributed by atoms with van der Waals surface area (Å²) >= 11 is 0. The van der Waals surface area contributed by atoms with Crippen molar-refractivity contribution < 1.29 is 43.7 Å². The van der Waals surface area contributed by atoms with Crippen molar-refractivity contribution in [2.45, 2.75) is 44.9 Å². The number of fused-ring (bicyclic) bond motifs is 3. The van der Waals surface area contributed by atoms with E-state index in [1.165, 1.54) is 25.1 Å². The van der Waals surface area contributed by atoms with Crippen molar-refractivity contribution in [1.82, 2.24) is 10.2 Å². The fourth-order valence-electron chi connectivity index (χ4n) is 6.30. The van der Waals surface area contributed by atoms with Crippen LogP contribution in [0.15, 0.2) is 12.1 Å². The average molecular weight is 544 g/mol. The molecule has 3 aliphatic rings. The van der Waals surface area contributed by atoms with Crippen molar-refractivity contribution >= 4 is 35.1 Å². The first-order valence-electron chi connectivity index (χ1n) is 12.8. The summed E-state index contributed by atoms with van der Waals surface area (Å²) in [6.07, 6.45) is -0.596. The van der Waals surface area contributed by atoms with E-state index in [-0.39, 0.29) is 43.2 Å². The van der Waals surface area contributed by atoms with Gasteiger partial charge in [0.1, 0.15) is 5.75 Å². The van der Waals surface area contributed by atoms with Gasteiger partial charge >= 0.3 is 6.09 Å². The summed E-state index contributed by atoms with van der Waals surface area (Å²) < 4.78 is 5.12. The van der Waals surface area contributed by atoms with E-state index in [2.05, 4.69) is 5.32 Å². The van der Waals surface area contributed by atoms with Crippen LogP contribution in [-0.4, -0.2) is 82.6 Å². The van der Waals surface area contributed by atoms with E-state index in [4.69, 9.17) is 10.5 Å². The number of carbonyl (C=O) groups excluding carboxylic acids is 6. The molecule has 0 saturated heterocycles. The number of aromatic hydroxyl groups is 1. The molecule has 0 spiro atoms. The number of likely N-dealkylation sites (N-methyl/N-ethyl adjacent to an activating group) is 1. The Morgan fingerprint density at radius 2 is 1.85 bits per heavy atom. The lowest BCUT2D eigenvalue weighted by Gasteiger charge is -2.52. The molecule has 0 bridgehead atoms. The first-order chi connectivity index (χ1) is 18.2. The third-order valence-corrected chi connectivity index (χ3v) is 8.01. The first kappa shape index (κ1) is 28.4. The van der Waals surface area contributed by atoms with Gasteiger partial charge in [0.15, 0.2) is 34.7 Å². The van der Waals surface area contributed by atoms with E-state index < -0.39 is 70.4 Å². The fourth-order valence-corrected chi connectivity index (χ4v) is 6.30. The summed E-state index contributed by atoms with van der Waals surface area (Å²) in [7, 11) is 3.05. The maximum atomic E-state index is 13.8. The van der Waals surface area contributed by atoms with E-state index >= 15 is 0 Å². The molecule has 2 unspecified atom stereocenters. The Labute approximate surface area is 224 Å². The normalized spacial score (nSPS) is 30.1. The Kier molecular flexibility index (Phi) is 7.39. The molecule has 0 aliphatic heterocycles. The van der Waals surface area contributed by atoms with Gasteiger partial charge in [0.2, 0.25) is 5.91 Å². The zero-order valence-electron chi connectivity index (χ0n) is 22.2. The standard InChI is InChI=1S/C27H33N3O9/c1-11(2)10-39-26(37)29-9-12-5-6-16(31)18-14(12)7-13-8-15-20(30(3)4)22(33)19(25(28)36)24(35)27(15,38)23(34)17(13)21(18)32/h5-6,11,13,15,17,19-20,31,38H,7-10H2,1-4H3,(H2,28,36)(H,29,37)/t13-,15-,17?,19?,20-,27-/m0/s1. The Balaban J connectivity index is 1.72. The van der Waals surface area contributed by atoms with Crippen molar-refractivity contribution in [3.8, 4) is 5.75 Å². The molecule has 2 fully saturated rings. The molecular weight excluding hydrogens is 510 g/mol. The molecule has 4 rings (SSSR count). The van der Waals surface area contributed by atoms with Gasteiger partial charge in [-0.05, 0) is 56.0 Å². The number of ether oxygens (including phenoxy) is 1. The zero-order valence-corrected chi connectivity index (χ0v) is 22.2. The van der Waals surface area contributed by atoms with Crippen LogP contribution in [0.3, 0.4) is 0 Å². The lowest BCUT2D eigenvalue weighted by Crippen LogP contribution is -2.74. The van der Waals surface area contributed by atoms with E-state index in [1.807, 2.05) is 13.8 Å². The van der Waals surface area contributed by atoms with Crippen LogP contribution < -0.4 is 11.1 Å². The number of phenols is 1. The Morgan fingerprint density at radius 3 is 2.44 bits per heavy atom. The summed E-state index contributed by atoms with van der Waals surface area (Å²) in [6, 6.07) is 1.65. The number of amides is 2. The van der Waals surface area contributed by atoms with Crippen LogP contribution in [0.4, 0.5) is 4.79 Å². The van der Waals surface area contributed by atoms with Gasteiger partial charge in [-0.25, -0.2) is 4.79 Å². The number of hydrogen-bond acceptors (Lipinski definition) is 10. The lowest BCUT2D eigenvalue weighted by molar-refractivity contribution is -0.181. The van der Waals surface area contributed by atoms with Crippen molar-refractivity contribution in [3.63, 3.8) is 0 Å². The number of aliphatic hydroxyl groups is 1. The van der Waals surface area contributed by atoms with E-state index in [9.17, 15) is 39.0 Å². The van der Waals surface area contributed by atoms with Gasteiger partial charge < -0.3 is 26.0 Å². The van der Waals surface area contributed by atoms with Gasteiger partial charge in [-0.3, -0.25) is 28.9 Å². The number of nitrogens with two attached hydrogens (primary N) is 1. The van der Waals surface area contributed by atoms with Crippen molar-refractivity contribution in [1.29, 1.82) is 0 Å². The molecule has 5 N–H and O–H groups in total. The minimum Gasteiger partial charge on any atom is -0.507 e. The molecule has 6 atom stereocenters. The highest BCUT2D eigenvalue weighted by Crippen LogP contribution is 2.51. The quantitative estimate of drug-likeness (QED) is 0.348. The van der Waals surface area contributed by atoms with Crippen LogP contribution in [0, 0.1) is 29.6 Å². The minimum absolute atomic E-state index is 0.0108. The van der Waals surface area contributed by atoms with Gasteiger partial charge in [-0.1, -0.05) is 19.9 Å². The zero-order chi connectivity index (χ0) is 29.0. The summed E-state index contributed by atoms with van der Waals surface area (Å²) in [5.41, 5.74) is 3.37. The van der Waals surface area contributed by atoms with Crippen LogP contribution in [0.1, 0.15) is 41.8 Å². The second-order valence-corrected chi connectivity index (χ2v) is 11.2. The Bertz CT molecular complexity index is 1270. The van der Waals surface area contributed by atoms with E-state index in [1.54, 1.807) is 6.07 Å². The smallest absolute Gasteiger partial charge is 0.407 e. The molecule has 2 amide bonds. The molecule has 12 nitrogen and oxygen atoms in total. The molecular formula is C27H33N3O9. The number of carbonyl (C=O) groups is 6. The maximum absolute atomic E-state index is 13.8. The van der Waals surface area contributed by atoms with Gasteiger partial charge in [-0.2, -0.15) is 0 Å². The molecule has 3 aliphatic carbocycles. The number of benzene rings is 1. The number of ketones is 4. The number of nitrogens with zero attached hydrogens (tertiary/aromatic N) is 1. The lowest BCUT2D eigenvalue weighted by atomic mass is 9.52. The predicted octanol–water partition coefficient (Wildman–Crippen LogP) is -0.251. The van der Waals surface area contributed by atoms with Crippen LogP contribution in [-0.2, 0) is 36.9 Å². The summed E-state index contributed by atoms with van der Waals surface area (Å²) in [6.45, 7) is 3.99. The molecule has 0 aromatic heterocycles. The second-order valence-electron chi connectivity index (χ2n) is 11.2. The number of alkyl carbamates (subject to hydrolysis) is 1. The number of Topliss-reactive ketones (excluding diaryl/α,β-unsaturated/α-hetero) is 4. The Morgan fingerprint density at radius 1 is 1.18 bits per heavy atom. The number of phenolic OH excluding ortho intramolecular Hbond substituents is 1. The van der Waals surface area contributed by atoms with Crippen LogP contribution >= 0.6 is 0 Å². The van der Waals surface area contributed by atoms with Crippen LogP contribution in [0.25, 0.3) is 0 Å². The summed E-state index contributed by atoms with van der Waals surface area (Å²) in [4.78, 5) is 79.5. The first-order valence-corrected chi connectivity index (χ1v) is 12.8. The molecule has 0 radical (unpaired) electrons. The summed E-state index contributed by atoms with van der Waals surface area (Å²) in [5, 5.41) is 24.8. The third kappa shape index (κ3) is 4.51. The molecule has 210 valence electrons. The SMILES string of the molecule is CC(C)COC(=O)NCc1ccc(O)c2c1C[C@H]1C[C@H]3[C@H](N(C)C)C(=O)C(C(N)=O)C(=O)[C@@]3(O)C(=O)C1C2=O. The average Bonchev–Trinajstić information content (AvgIpc) is 2.84. The van der Waals surface area contributed by atoms with Gasteiger partial charge in [0.25, 0.3) is 0 Å². The molecule has 1 aromatic rings. The minimum atomic E-state index is -2.77. The Hall–Kier alpha value is -3.64. The number of nitrogens with one attached hydrogen (secondary N) is 1. The van der Waals surface area contributed by atoms with Crippen LogP contribution in [0.5, 0.6) is 5.75 Å². The van der Waals surface area contributed by atoms with Gasteiger partial charge in [0.05, 0.1) is 24.1 Å². The highest BCUT2D eigenvalue weighted by molar-refractivity contribution is 6.32. The van der Waals surface area contributed by atoms with Crippen LogP contribution in [0.2, 0.25) is 0 Å². The van der Waals surface area contributed by atoms with Crippen molar-refractivity contribution in [2.75, 3.05) is 20.7 Å². The topological polar surface area (TPSA) is 193 Å². The highest BCUT2D eigenvalue weighted by atomic mass is 16.5. The fraction of sp³-hybridized carbons (Fsp3) is 0.556. The van der Waals surface area contributed by atoms with Crippen molar-refractivity contribution in [3.05, 3.63) is 28.8 Å². The predicted molar refractivity (Wildman–Crippen MR) is 134 cm³/mol. The number of primary amides is 1. The van der Waals surface area contributed by atoms with E-state index in [0.717, 1.165) is 0 Å². The third-order valence-electron chi connectivity index (χ3n) is 8.01. The largest absolute Gasteiger partial charge is 0.507 e. The van der Waals surface area contributed by atoms with Gasteiger partial charge in [0, 0.05) is 12.5 Å². The second kappa shape index (κ2) is 10.2. The molecule has 12 heteroatoms. The van der Waals surface area contributed by atoms with Crippen molar-refractivity contribution in [2.24, 2.45) is 35.3 Å². The summed E-state index contributed by atoms with van der Waals surface area (Å²) in [5.74, 6) is -10.9. The number of rotatable bonds is 6.